The summed E-state index contributed by atoms with van der Waals surface area (Å²) in [5, 5.41) is 21.3. The lowest BCUT2D eigenvalue weighted by molar-refractivity contribution is -0.139. The van der Waals surface area contributed by atoms with Crippen LogP contribution in [0.2, 0.25) is 0 Å². The number of benzene rings is 5. The molecule has 0 aliphatic carbocycles. The van der Waals surface area contributed by atoms with Gasteiger partial charge in [0.2, 0.25) is 0 Å². The molecule has 5 aromatic carbocycles. The molecule has 6 rings (SSSR count). The summed E-state index contributed by atoms with van der Waals surface area (Å²) in [5.41, 5.74) is 10.7. The van der Waals surface area contributed by atoms with Gasteiger partial charge >= 0.3 is 13.1 Å². The molecule has 0 unspecified atom stereocenters. The summed E-state index contributed by atoms with van der Waals surface area (Å²) in [4.78, 5) is 11.7. The van der Waals surface area contributed by atoms with Gasteiger partial charge < -0.3 is 24.3 Å². The Kier molecular flexibility index (Phi) is 19.7. The van der Waals surface area contributed by atoms with Gasteiger partial charge in [-0.1, -0.05) is 171 Å². The number of hydrogen-bond donors (Lipinski definition) is 2. The molecular formula is C65H86BFO6. The van der Waals surface area contributed by atoms with Crippen molar-refractivity contribution < 1.29 is 33.4 Å². The van der Waals surface area contributed by atoms with E-state index in [-0.39, 0.29) is 41.4 Å². The fraction of sp³-hybridized carbons (Fsp3) is 0.462. The van der Waals surface area contributed by atoms with Gasteiger partial charge in [0.05, 0.1) is 35.9 Å². The summed E-state index contributed by atoms with van der Waals surface area (Å²) in [5.74, 6) is -0.765. The van der Waals surface area contributed by atoms with Gasteiger partial charge in [-0.15, -0.1) is 0 Å². The topological polar surface area (TPSA) is 85.2 Å². The van der Waals surface area contributed by atoms with Crippen LogP contribution in [0.5, 0.6) is 0 Å². The largest absolute Gasteiger partial charge is 0.494 e. The molecule has 0 radical (unpaired) electrons. The minimum absolute atomic E-state index is 0.0365. The first kappa shape index (κ1) is 58.8. The Morgan fingerprint density at radius 2 is 0.959 bits per heavy atom. The number of rotatable bonds is 20. The zero-order valence-corrected chi connectivity index (χ0v) is 47.0. The fourth-order valence-electron chi connectivity index (χ4n) is 10.3. The van der Waals surface area contributed by atoms with Crippen LogP contribution in [0, 0.1) is 19.7 Å². The van der Waals surface area contributed by atoms with Gasteiger partial charge in [0, 0.05) is 10.8 Å². The Labute approximate surface area is 439 Å². The Morgan fingerprint density at radius 1 is 0.562 bits per heavy atom. The molecule has 1 aliphatic heterocycles. The third-order valence-electron chi connectivity index (χ3n) is 16.9. The molecule has 5 aromatic rings. The summed E-state index contributed by atoms with van der Waals surface area (Å²) >= 11 is 0. The van der Waals surface area contributed by atoms with E-state index in [1.54, 1.807) is 0 Å². The molecule has 0 saturated carbocycles. The molecule has 0 amide bonds. The van der Waals surface area contributed by atoms with Crippen LogP contribution >= 0.6 is 0 Å². The predicted molar refractivity (Wildman–Crippen MR) is 304 cm³/mol. The summed E-state index contributed by atoms with van der Waals surface area (Å²) in [6, 6.07) is 35.3. The molecule has 0 spiro atoms. The Morgan fingerprint density at radius 3 is 1.33 bits per heavy atom. The van der Waals surface area contributed by atoms with Crippen molar-refractivity contribution >= 4 is 30.7 Å². The maximum absolute atomic E-state index is 14.3. The molecule has 8 heteroatoms. The van der Waals surface area contributed by atoms with Crippen molar-refractivity contribution in [3.63, 3.8) is 0 Å². The molecule has 2 N–H and O–H groups in total. The number of ether oxygens (including phenoxy) is 1. The molecular weight excluding hydrogens is 907 g/mol. The van der Waals surface area contributed by atoms with E-state index in [4.69, 9.17) is 14.0 Å². The molecule has 1 fully saturated rings. The van der Waals surface area contributed by atoms with E-state index >= 15 is 0 Å². The predicted octanol–water partition coefficient (Wildman–Crippen LogP) is 15.2. The van der Waals surface area contributed by atoms with Gasteiger partial charge in [-0.25, -0.2) is 4.39 Å². The van der Waals surface area contributed by atoms with Crippen molar-refractivity contribution in [2.24, 2.45) is 0 Å². The number of aliphatic hydroxyl groups is 2. The van der Waals surface area contributed by atoms with Gasteiger partial charge in [0.25, 0.3) is 0 Å². The number of esters is 1. The van der Waals surface area contributed by atoms with E-state index in [1.807, 2.05) is 64.1 Å². The van der Waals surface area contributed by atoms with Crippen LogP contribution in [0.1, 0.15) is 185 Å². The highest BCUT2D eigenvalue weighted by molar-refractivity contribution is 6.62. The Bertz CT molecular complexity index is 2650. The molecule has 392 valence electrons. The number of methoxy groups -OCH3 is 1. The lowest BCUT2D eigenvalue weighted by Crippen LogP contribution is -2.41. The minimum Gasteiger partial charge on any atom is -0.469 e. The number of carbonyl (C=O) groups is 1. The highest BCUT2D eigenvalue weighted by atomic mass is 19.1. The molecule has 6 nitrogen and oxygen atoms in total. The standard InChI is InChI=1S/C34H41FO3.C31H45BO3/c1-7-33(37,8-2)18-17-26-11-16-30(19-24(26)5)34(9-3,10-4)29-14-12-27(13-15-29)28-20-25(21-31(35)23-28)22-32(36)38-6;1-10-30(33,11-2)21-20-24-14-15-26(22-23(24)5)31(12-3,13-4)25-16-18-27(19-17-25)32-34-28(6,7)29(8,9)35-32/h11-21,23,37H,7-10,22H2,1-6H3;14-22,33H,10-13H2,1-9H3/b18-17+;21-20+. The van der Waals surface area contributed by atoms with Crippen LogP contribution in [0.3, 0.4) is 0 Å². The molecule has 73 heavy (non-hydrogen) atoms. The first-order chi connectivity index (χ1) is 34.5. The highest BCUT2D eigenvalue weighted by Crippen LogP contribution is 2.42. The number of hydrogen-bond acceptors (Lipinski definition) is 6. The van der Waals surface area contributed by atoms with Gasteiger partial charge in [0.1, 0.15) is 5.82 Å². The van der Waals surface area contributed by atoms with Crippen molar-refractivity contribution in [3.05, 3.63) is 171 Å². The third-order valence-corrected chi connectivity index (χ3v) is 16.9. The molecule has 0 aromatic heterocycles. The second-order valence-electron chi connectivity index (χ2n) is 21.4. The summed E-state index contributed by atoms with van der Waals surface area (Å²) in [7, 11) is 0.990. The summed E-state index contributed by atoms with van der Waals surface area (Å²) in [6.45, 7) is 29.7. The number of halogens is 1. The number of carbonyl (C=O) groups excluding carboxylic acids is 1. The Balaban J connectivity index is 0.000000272. The van der Waals surface area contributed by atoms with Crippen LogP contribution in [-0.2, 0) is 36.1 Å². The highest BCUT2D eigenvalue weighted by Gasteiger charge is 2.51. The van der Waals surface area contributed by atoms with Crippen molar-refractivity contribution in [2.45, 2.75) is 188 Å². The van der Waals surface area contributed by atoms with E-state index in [1.165, 1.54) is 52.6 Å². The van der Waals surface area contributed by atoms with Gasteiger partial charge in [0.15, 0.2) is 0 Å². The van der Waals surface area contributed by atoms with E-state index in [0.29, 0.717) is 31.2 Å². The smallest absolute Gasteiger partial charge is 0.469 e. The third kappa shape index (κ3) is 13.2. The average molecular weight is 993 g/mol. The second-order valence-corrected chi connectivity index (χ2v) is 21.4. The van der Waals surface area contributed by atoms with Crippen molar-refractivity contribution in [1.82, 2.24) is 0 Å². The van der Waals surface area contributed by atoms with Gasteiger partial charge in [-0.05, 0) is 172 Å². The van der Waals surface area contributed by atoms with Crippen LogP contribution in [0.25, 0.3) is 23.3 Å². The molecule has 0 bridgehead atoms. The van der Waals surface area contributed by atoms with Gasteiger partial charge in [-0.2, -0.15) is 0 Å². The Hall–Kier alpha value is -5.12. The fourth-order valence-corrected chi connectivity index (χ4v) is 10.3. The molecule has 0 atom stereocenters. The normalized spacial score (nSPS) is 15.0. The van der Waals surface area contributed by atoms with Crippen LogP contribution in [-0.4, -0.2) is 52.8 Å². The lowest BCUT2D eigenvalue weighted by atomic mass is 9.69. The van der Waals surface area contributed by atoms with E-state index in [0.717, 1.165) is 53.4 Å². The summed E-state index contributed by atoms with van der Waals surface area (Å²) < 4.78 is 31.6. The molecule has 1 aliphatic rings. The molecule has 1 saturated heterocycles. The molecule has 1 heterocycles. The van der Waals surface area contributed by atoms with Crippen LogP contribution in [0.15, 0.2) is 115 Å². The first-order valence-corrected chi connectivity index (χ1v) is 27.0. The second kappa shape index (κ2) is 24.5. The van der Waals surface area contributed by atoms with Crippen molar-refractivity contribution in [3.8, 4) is 11.1 Å². The summed E-state index contributed by atoms with van der Waals surface area (Å²) in [6.07, 6.45) is 14.7. The SMILES string of the molecule is CCC(O)(/C=C/c1ccc(C(CC)(CC)c2ccc(-c3cc(F)cc(CC(=O)OC)c3)cc2)cc1C)CC.CCC(O)(/C=C/c1ccc(C(CC)(CC)c2ccc(B3OC(C)(C)C(C)(C)O3)cc2)cc1C)CC. The van der Waals surface area contributed by atoms with Gasteiger partial charge in [-0.3, -0.25) is 4.79 Å². The number of aryl methyl sites for hydroxylation is 2. The van der Waals surface area contributed by atoms with E-state index in [2.05, 4.69) is 148 Å². The minimum atomic E-state index is -0.773. The zero-order chi connectivity index (χ0) is 54.0. The van der Waals surface area contributed by atoms with Crippen LogP contribution in [0.4, 0.5) is 4.39 Å². The lowest BCUT2D eigenvalue weighted by Gasteiger charge is -2.34. The van der Waals surface area contributed by atoms with Crippen LogP contribution < -0.4 is 5.46 Å². The van der Waals surface area contributed by atoms with Crippen molar-refractivity contribution in [1.29, 1.82) is 0 Å². The average Bonchev–Trinajstić information content (AvgIpc) is 3.62. The van der Waals surface area contributed by atoms with E-state index in [9.17, 15) is 19.4 Å². The first-order valence-electron chi connectivity index (χ1n) is 27.0. The van der Waals surface area contributed by atoms with E-state index < -0.39 is 17.2 Å². The van der Waals surface area contributed by atoms with Crippen molar-refractivity contribution in [2.75, 3.05) is 7.11 Å². The maximum Gasteiger partial charge on any atom is 0.494 e. The quantitative estimate of drug-likeness (QED) is 0.0597. The monoisotopic (exact) mass is 993 g/mol. The maximum atomic E-state index is 14.3. The zero-order valence-electron chi connectivity index (χ0n) is 47.0.